The van der Waals surface area contributed by atoms with E-state index in [4.69, 9.17) is 9.47 Å². The molecule has 0 aliphatic heterocycles. The Balaban J connectivity index is 0.00000200. The van der Waals surface area contributed by atoms with Crippen LogP contribution < -0.4 is 61.6 Å². The van der Waals surface area contributed by atoms with Crippen molar-refractivity contribution < 1.29 is 73.8 Å². The Hall–Kier alpha value is -0.0487. The van der Waals surface area contributed by atoms with Gasteiger partial charge in [-0.05, 0) is 29.8 Å². The SMILES string of the molecule is CCOCOc1ccc2cc([B-](F)(F)F)ccc2c1.[K+]. The van der Waals surface area contributed by atoms with Crippen molar-refractivity contribution in [1.29, 1.82) is 0 Å². The monoisotopic (exact) mass is 308 g/mol. The molecule has 0 radical (unpaired) electrons. The third-order valence-corrected chi connectivity index (χ3v) is 2.73. The first-order chi connectivity index (χ1) is 9.00. The fraction of sp³-hybridized carbons (Fsp3) is 0.231. The van der Waals surface area contributed by atoms with E-state index in [1.54, 1.807) is 18.2 Å². The summed E-state index contributed by atoms with van der Waals surface area (Å²) in [7, 11) is 0. The van der Waals surface area contributed by atoms with E-state index < -0.39 is 12.4 Å². The Bertz CT molecular complexity index is 575. The molecule has 0 atom stereocenters. The molecule has 102 valence electrons. The molecule has 0 aliphatic rings. The number of ether oxygens (including phenoxy) is 2. The van der Waals surface area contributed by atoms with E-state index in [9.17, 15) is 12.9 Å². The fourth-order valence-electron chi connectivity index (χ4n) is 1.73. The van der Waals surface area contributed by atoms with Gasteiger partial charge in [-0.2, -0.15) is 0 Å². The maximum absolute atomic E-state index is 12.6. The number of hydrogen-bond acceptors (Lipinski definition) is 2. The molecule has 7 heteroatoms. The average Bonchev–Trinajstić information content (AvgIpc) is 2.37. The van der Waals surface area contributed by atoms with E-state index in [1.165, 1.54) is 6.07 Å². The number of fused-ring (bicyclic) bond motifs is 1. The zero-order valence-electron chi connectivity index (χ0n) is 11.4. The van der Waals surface area contributed by atoms with Gasteiger partial charge in [-0.1, -0.05) is 24.3 Å². The van der Waals surface area contributed by atoms with Gasteiger partial charge >= 0.3 is 58.4 Å². The summed E-state index contributed by atoms with van der Waals surface area (Å²) in [5.41, 5.74) is -0.588. The molecular weight excluding hydrogens is 295 g/mol. The molecule has 20 heavy (non-hydrogen) atoms. The van der Waals surface area contributed by atoms with Gasteiger partial charge in [0.2, 0.25) is 0 Å². The third kappa shape index (κ3) is 4.75. The number of benzene rings is 2. The first kappa shape index (κ1) is 18.0. The normalized spacial score (nSPS) is 11.2. The average molecular weight is 308 g/mol. The summed E-state index contributed by atoms with van der Waals surface area (Å²) in [6.45, 7) is -2.43. The van der Waals surface area contributed by atoms with E-state index in [0.29, 0.717) is 23.1 Å². The van der Waals surface area contributed by atoms with Crippen LogP contribution in [0.5, 0.6) is 5.75 Å². The summed E-state index contributed by atoms with van der Waals surface area (Å²) in [4.78, 5) is 0. The molecule has 2 nitrogen and oxygen atoms in total. The maximum Gasteiger partial charge on any atom is 1.00 e. The van der Waals surface area contributed by atoms with Crippen molar-refractivity contribution in [1.82, 2.24) is 0 Å². The van der Waals surface area contributed by atoms with Gasteiger partial charge < -0.3 is 22.4 Å². The Labute approximate surface area is 158 Å². The van der Waals surface area contributed by atoms with Crippen LogP contribution in [-0.4, -0.2) is 20.4 Å². The predicted octanol–water partition coefficient (Wildman–Crippen LogP) is 0.271. The van der Waals surface area contributed by atoms with Gasteiger partial charge in [0.15, 0.2) is 6.79 Å². The van der Waals surface area contributed by atoms with Crippen molar-refractivity contribution in [3.8, 4) is 5.75 Å². The number of hydrogen-bond donors (Lipinski definition) is 0. The summed E-state index contributed by atoms with van der Waals surface area (Å²) in [5, 5.41) is 1.25. The van der Waals surface area contributed by atoms with Crippen LogP contribution >= 0.6 is 0 Å². The molecule has 0 saturated heterocycles. The number of rotatable bonds is 5. The maximum atomic E-state index is 12.6. The molecule has 0 saturated carbocycles. The first-order valence-electron chi connectivity index (χ1n) is 5.95. The second-order valence-electron chi connectivity index (χ2n) is 4.10. The van der Waals surface area contributed by atoms with Gasteiger partial charge in [0.25, 0.3) is 0 Å². The molecule has 0 heterocycles. The van der Waals surface area contributed by atoms with Crippen molar-refractivity contribution in [3.63, 3.8) is 0 Å². The van der Waals surface area contributed by atoms with Gasteiger partial charge in [-0.3, -0.25) is 0 Å². The van der Waals surface area contributed by atoms with Crippen LogP contribution in [0.2, 0.25) is 0 Å². The van der Waals surface area contributed by atoms with Crippen LogP contribution in [0.4, 0.5) is 12.9 Å². The van der Waals surface area contributed by atoms with Crippen LogP contribution in [0.15, 0.2) is 36.4 Å². The van der Waals surface area contributed by atoms with Crippen molar-refractivity contribution >= 4 is 23.2 Å². The molecule has 0 aromatic heterocycles. The third-order valence-electron chi connectivity index (χ3n) is 2.73. The quantitative estimate of drug-likeness (QED) is 0.448. The smallest absolute Gasteiger partial charge is 0.468 e. The molecule has 0 N–H and O–H groups in total. The van der Waals surface area contributed by atoms with E-state index in [-0.39, 0.29) is 58.2 Å². The standard InChI is InChI=1S/C13H13BF3O2.K/c1-2-18-9-19-13-6-4-10-7-12(14(15,16)17)5-3-11(10)8-13;/h3-8H,2,9H2,1H3;/q-1;+1. The summed E-state index contributed by atoms with van der Waals surface area (Å²) >= 11 is 0. The molecule has 0 aliphatic carbocycles. The van der Waals surface area contributed by atoms with Crippen molar-refractivity contribution in [3.05, 3.63) is 36.4 Å². The van der Waals surface area contributed by atoms with E-state index in [0.717, 1.165) is 12.1 Å². The minimum Gasteiger partial charge on any atom is -0.468 e. The second kappa shape index (κ2) is 7.82. The Morgan fingerprint density at radius 3 is 2.30 bits per heavy atom. The van der Waals surface area contributed by atoms with Crippen LogP contribution in [0.3, 0.4) is 0 Å². The fourth-order valence-corrected chi connectivity index (χ4v) is 1.73. The predicted molar refractivity (Wildman–Crippen MR) is 69.8 cm³/mol. The first-order valence-corrected chi connectivity index (χ1v) is 5.95. The van der Waals surface area contributed by atoms with Gasteiger partial charge in [0, 0.05) is 6.61 Å². The summed E-state index contributed by atoms with van der Waals surface area (Å²) in [6, 6.07) is 8.64. The number of halogens is 3. The van der Waals surface area contributed by atoms with Gasteiger partial charge in [0.1, 0.15) is 5.75 Å². The van der Waals surface area contributed by atoms with Crippen LogP contribution in [0, 0.1) is 0 Å². The summed E-state index contributed by atoms with van der Waals surface area (Å²) in [6.07, 6.45) is 0. The van der Waals surface area contributed by atoms with Crippen molar-refractivity contribution in [2.45, 2.75) is 6.92 Å². The molecular formula is C13H13BF3KO2. The van der Waals surface area contributed by atoms with Crippen molar-refractivity contribution in [2.75, 3.05) is 13.4 Å². The molecule has 0 fully saturated rings. The minimum absolute atomic E-state index is 0. The molecule has 0 amide bonds. The van der Waals surface area contributed by atoms with E-state index >= 15 is 0 Å². The molecule has 2 rings (SSSR count). The summed E-state index contributed by atoms with van der Waals surface area (Å²) < 4.78 is 48.2. The Kier molecular flexibility index (Phi) is 7.04. The van der Waals surface area contributed by atoms with E-state index in [1.807, 2.05) is 6.92 Å². The van der Waals surface area contributed by atoms with Crippen LogP contribution in [-0.2, 0) is 4.74 Å². The van der Waals surface area contributed by atoms with Gasteiger partial charge in [-0.15, -0.1) is 5.46 Å². The zero-order valence-corrected chi connectivity index (χ0v) is 14.5. The topological polar surface area (TPSA) is 18.5 Å². The van der Waals surface area contributed by atoms with Crippen LogP contribution in [0.1, 0.15) is 6.92 Å². The van der Waals surface area contributed by atoms with Gasteiger partial charge in [-0.25, -0.2) is 0 Å². The van der Waals surface area contributed by atoms with E-state index in [2.05, 4.69) is 0 Å². The molecule has 2 aromatic carbocycles. The van der Waals surface area contributed by atoms with Crippen molar-refractivity contribution in [2.24, 2.45) is 0 Å². The zero-order chi connectivity index (χ0) is 13.9. The summed E-state index contributed by atoms with van der Waals surface area (Å²) in [5.74, 6) is 0.575. The largest absolute Gasteiger partial charge is 1.00 e. The van der Waals surface area contributed by atoms with Gasteiger partial charge in [0.05, 0.1) is 0 Å². The Morgan fingerprint density at radius 2 is 1.65 bits per heavy atom. The molecule has 2 aromatic rings. The van der Waals surface area contributed by atoms with Crippen LogP contribution in [0.25, 0.3) is 10.8 Å². The second-order valence-corrected chi connectivity index (χ2v) is 4.10. The molecule has 0 spiro atoms. The molecule has 0 unspecified atom stereocenters. The Morgan fingerprint density at radius 1 is 1.00 bits per heavy atom. The molecule has 0 bridgehead atoms. The minimum atomic E-state index is -4.96.